The van der Waals surface area contributed by atoms with Gasteiger partial charge in [-0.1, -0.05) is 25.1 Å². The Morgan fingerprint density at radius 3 is 2.72 bits per heavy atom. The van der Waals surface area contributed by atoms with Gasteiger partial charge in [-0.2, -0.15) is 0 Å². The molecule has 3 N–H and O–H groups in total. The maximum atomic E-state index is 5.75. The Hall–Kier alpha value is -1.10. The van der Waals surface area contributed by atoms with Crippen molar-refractivity contribution in [3.8, 4) is 5.75 Å². The molecular formula is C14H22N2O2. The van der Waals surface area contributed by atoms with Crippen LogP contribution in [0.5, 0.6) is 5.75 Å². The molecule has 0 aliphatic heterocycles. The first-order chi connectivity index (χ1) is 8.77. The van der Waals surface area contributed by atoms with Crippen molar-refractivity contribution in [1.82, 2.24) is 5.43 Å². The molecule has 100 valence electrons. The summed E-state index contributed by atoms with van der Waals surface area (Å²) in [6.07, 6.45) is 1.22. The molecule has 18 heavy (non-hydrogen) atoms. The third-order valence-electron chi connectivity index (χ3n) is 3.58. The molecule has 0 bridgehead atoms. The minimum Gasteiger partial charge on any atom is -0.491 e. The summed E-state index contributed by atoms with van der Waals surface area (Å²) in [6.45, 7) is 3.41. The topological polar surface area (TPSA) is 56.5 Å². The average Bonchev–Trinajstić information content (AvgIpc) is 3.09. The van der Waals surface area contributed by atoms with Gasteiger partial charge in [0, 0.05) is 12.7 Å². The van der Waals surface area contributed by atoms with Crippen LogP contribution in [0.1, 0.15) is 24.9 Å². The van der Waals surface area contributed by atoms with Crippen molar-refractivity contribution in [2.24, 2.45) is 17.7 Å². The number of rotatable bonds is 7. The number of nitrogens with one attached hydrogen (secondary N) is 1. The van der Waals surface area contributed by atoms with Crippen LogP contribution in [0.4, 0.5) is 0 Å². The second-order valence-corrected chi connectivity index (χ2v) is 4.90. The zero-order chi connectivity index (χ0) is 13.0. The second kappa shape index (κ2) is 6.18. The lowest BCUT2D eigenvalue weighted by molar-refractivity contribution is 0.145. The molecule has 0 heterocycles. The molecule has 3 atom stereocenters. The zero-order valence-corrected chi connectivity index (χ0v) is 11.1. The van der Waals surface area contributed by atoms with Crippen LogP contribution in [0.25, 0.3) is 0 Å². The molecule has 0 saturated heterocycles. The Morgan fingerprint density at radius 1 is 1.39 bits per heavy atom. The third kappa shape index (κ3) is 3.02. The molecule has 4 nitrogen and oxygen atoms in total. The number of hydrogen-bond donors (Lipinski definition) is 2. The highest BCUT2D eigenvalue weighted by Crippen LogP contribution is 2.48. The molecule has 1 aliphatic rings. The SMILES string of the molecule is COCCOc1ccccc1C(NN)C1CC1C. The Kier molecular flexibility index (Phi) is 4.58. The van der Waals surface area contributed by atoms with Gasteiger partial charge in [0.1, 0.15) is 12.4 Å². The summed E-state index contributed by atoms with van der Waals surface area (Å²) in [7, 11) is 1.67. The lowest BCUT2D eigenvalue weighted by Crippen LogP contribution is -2.30. The number of hydrazine groups is 1. The fourth-order valence-corrected chi connectivity index (χ4v) is 2.36. The molecule has 0 amide bonds. The summed E-state index contributed by atoms with van der Waals surface area (Å²) in [5.74, 6) is 7.95. The molecule has 0 radical (unpaired) electrons. The van der Waals surface area contributed by atoms with Crippen molar-refractivity contribution >= 4 is 0 Å². The summed E-state index contributed by atoms with van der Waals surface area (Å²) in [5.41, 5.74) is 4.07. The molecule has 2 rings (SSSR count). The van der Waals surface area contributed by atoms with Crippen LogP contribution in [0.3, 0.4) is 0 Å². The predicted octanol–water partition coefficient (Wildman–Crippen LogP) is 1.87. The maximum absolute atomic E-state index is 5.75. The first-order valence-electron chi connectivity index (χ1n) is 6.44. The van der Waals surface area contributed by atoms with Gasteiger partial charge in [-0.25, -0.2) is 0 Å². The Morgan fingerprint density at radius 2 is 2.11 bits per heavy atom. The molecule has 1 aromatic rings. The van der Waals surface area contributed by atoms with E-state index in [9.17, 15) is 0 Å². The van der Waals surface area contributed by atoms with E-state index in [1.54, 1.807) is 7.11 Å². The number of hydrogen-bond acceptors (Lipinski definition) is 4. The van der Waals surface area contributed by atoms with Gasteiger partial charge < -0.3 is 9.47 Å². The lowest BCUT2D eigenvalue weighted by Gasteiger charge is -2.20. The Labute approximate surface area is 108 Å². The Balaban J connectivity index is 2.10. The fourth-order valence-electron chi connectivity index (χ4n) is 2.36. The van der Waals surface area contributed by atoms with Crippen LogP contribution in [0, 0.1) is 11.8 Å². The van der Waals surface area contributed by atoms with Crippen LogP contribution >= 0.6 is 0 Å². The predicted molar refractivity (Wildman–Crippen MR) is 71.1 cm³/mol. The smallest absolute Gasteiger partial charge is 0.124 e. The van der Waals surface area contributed by atoms with Crippen molar-refractivity contribution in [3.05, 3.63) is 29.8 Å². The highest BCUT2D eigenvalue weighted by molar-refractivity contribution is 5.37. The van der Waals surface area contributed by atoms with Gasteiger partial charge in [0.15, 0.2) is 0 Å². The van der Waals surface area contributed by atoms with Crippen LogP contribution in [-0.2, 0) is 4.74 Å². The van der Waals surface area contributed by atoms with Gasteiger partial charge >= 0.3 is 0 Å². The number of benzene rings is 1. The van der Waals surface area contributed by atoms with E-state index in [1.807, 2.05) is 18.2 Å². The zero-order valence-electron chi connectivity index (χ0n) is 11.1. The Bertz CT molecular complexity index is 384. The second-order valence-electron chi connectivity index (χ2n) is 4.90. The van der Waals surface area contributed by atoms with E-state index in [4.69, 9.17) is 15.3 Å². The van der Waals surface area contributed by atoms with E-state index in [0.29, 0.717) is 19.1 Å². The van der Waals surface area contributed by atoms with E-state index in [1.165, 1.54) is 6.42 Å². The van der Waals surface area contributed by atoms with Crippen LogP contribution in [-0.4, -0.2) is 20.3 Å². The van der Waals surface area contributed by atoms with Gasteiger partial charge in [0.2, 0.25) is 0 Å². The molecule has 0 aromatic heterocycles. The maximum Gasteiger partial charge on any atom is 0.124 e. The highest BCUT2D eigenvalue weighted by Gasteiger charge is 2.40. The van der Waals surface area contributed by atoms with Crippen molar-refractivity contribution in [3.63, 3.8) is 0 Å². The summed E-state index contributed by atoms with van der Waals surface area (Å²) in [5, 5.41) is 0. The van der Waals surface area contributed by atoms with Gasteiger partial charge in [-0.15, -0.1) is 0 Å². The van der Waals surface area contributed by atoms with Gasteiger partial charge in [-0.05, 0) is 24.3 Å². The van der Waals surface area contributed by atoms with Crippen molar-refractivity contribution in [2.75, 3.05) is 20.3 Å². The quantitative estimate of drug-likeness (QED) is 0.441. The molecule has 3 unspecified atom stereocenters. The summed E-state index contributed by atoms with van der Waals surface area (Å²) >= 11 is 0. The van der Waals surface area contributed by atoms with E-state index in [2.05, 4.69) is 18.4 Å². The number of methoxy groups -OCH3 is 1. The largest absolute Gasteiger partial charge is 0.491 e. The van der Waals surface area contributed by atoms with Gasteiger partial charge in [0.05, 0.1) is 12.6 Å². The van der Waals surface area contributed by atoms with E-state index < -0.39 is 0 Å². The first-order valence-corrected chi connectivity index (χ1v) is 6.44. The third-order valence-corrected chi connectivity index (χ3v) is 3.58. The molecule has 1 fully saturated rings. The number of para-hydroxylation sites is 1. The van der Waals surface area contributed by atoms with Crippen LogP contribution in [0.2, 0.25) is 0 Å². The summed E-state index contributed by atoms with van der Waals surface area (Å²) in [6, 6.07) is 8.25. The monoisotopic (exact) mass is 250 g/mol. The standard InChI is InChI=1S/C14H22N2O2/c1-10-9-12(10)14(16-15)11-5-3-4-6-13(11)18-8-7-17-2/h3-6,10,12,14,16H,7-9,15H2,1-2H3. The van der Waals surface area contributed by atoms with Crippen LogP contribution in [0.15, 0.2) is 24.3 Å². The van der Waals surface area contributed by atoms with Crippen LogP contribution < -0.4 is 16.0 Å². The highest BCUT2D eigenvalue weighted by atomic mass is 16.5. The normalized spacial score (nSPS) is 23.7. The molecule has 4 heteroatoms. The minimum absolute atomic E-state index is 0.179. The molecule has 0 spiro atoms. The fraction of sp³-hybridized carbons (Fsp3) is 0.571. The average molecular weight is 250 g/mol. The van der Waals surface area contributed by atoms with Gasteiger partial charge in [0.25, 0.3) is 0 Å². The van der Waals surface area contributed by atoms with E-state index >= 15 is 0 Å². The molecule has 1 aliphatic carbocycles. The minimum atomic E-state index is 0.179. The molecular weight excluding hydrogens is 228 g/mol. The summed E-state index contributed by atoms with van der Waals surface area (Å²) in [4.78, 5) is 0. The molecule has 1 saturated carbocycles. The van der Waals surface area contributed by atoms with E-state index in [0.717, 1.165) is 17.2 Å². The lowest BCUT2D eigenvalue weighted by atomic mass is 10.0. The van der Waals surface area contributed by atoms with Gasteiger partial charge in [-0.3, -0.25) is 11.3 Å². The van der Waals surface area contributed by atoms with Crippen molar-refractivity contribution in [1.29, 1.82) is 0 Å². The number of nitrogens with two attached hydrogens (primary N) is 1. The van der Waals surface area contributed by atoms with E-state index in [-0.39, 0.29) is 6.04 Å². The number of ether oxygens (including phenoxy) is 2. The molecule has 1 aromatic carbocycles. The van der Waals surface area contributed by atoms with Crippen molar-refractivity contribution in [2.45, 2.75) is 19.4 Å². The first kappa shape index (κ1) is 13.3. The summed E-state index contributed by atoms with van der Waals surface area (Å²) < 4.78 is 10.8. The van der Waals surface area contributed by atoms with Crippen molar-refractivity contribution < 1.29 is 9.47 Å².